The van der Waals surface area contributed by atoms with Gasteiger partial charge in [0.2, 0.25) is 5.82 Å². The summed E-state index contributed by atoms with van der Waals surface area (Å²) in [4.78, 5) is 5.86. The van der Waals surface area contributed by atoms with Crippen LogP contribution in [0.1, 0.15) is 30.1 Å². The van der Waals surface area contributed by atoms with Crippen LogP contribution in [0.5, 0.6) is 5.75 Å². The molecule has 0 aromatic carbocycles. The molecule has 2 aromatic heterocycles. The molecule has 0 amide bonds. The van der Waals surface area contributed by atoms with E-state index in [2.05, 4.69) is 15.0 Å². The van der Waals surface area contributed by atoms with Gasteiger partial charge in [-0.1, -0.05) is 11.6 Å². The molecule has 2 aliphatic rings. The van der Waals surface area contributed by atoms with Gasteiger partial charge in [-0.2, -0.15) is 9.49 Å². The number of halogens is 2. The van der Waals surface area contributed by atoms with Crippen LogP contribution >= 0.6 is 11.6 Å². The summed E-state index contributed by atoms with van der Waals surface area (Å²) in [5.74, 6) is 0.246. The Labute approximate surface area is 162 Å². The Kier molecular flexibility index (Phi) is 5.21. The van der Waals surface area contributed by atoms with Crippen molar-refractivity contribution in [1.29, 1.82) is 0 Å². The van der Waals surface area contributed by atoms with Gasteiger partial charge in [0, 0.05) is 51.0 Å². The average Bonchev–Trinajstić information content (AvgIpc) is 3.08. The number of anilines is 2. The minimum Gasteiger partial charge on any atom is -0.492 e. The first-order chi connectivity index (χ1) is 13.1. The number of hydrogen-bond acceptors (Lipinski definition) is 6. The molecular weight excluding hydrogens is 373 g/mol. The molecule has 0 unspecified atom stereocenters. The zero-order valence-electron chi connectivity index (χ0n) is 15.5. The lowest BCUT2D eigenvalue weighted by Crippen LogP contribution is -2.28. The second kappa shape index (κ2) is 7.61. The van der Waals surface area contributed by atoms with E-state index in [0.717, 1.165) is 44.6 Å². The fourth-order valence-corrected chi connectivity index (χ4v) is 4.03. The zero-order chi connectivity index (χ0) is 19.0. The van der Waals surface area contributed by atoms with E-state index in [1.54, 1.807) is 11.9 Å². The van der Waals surface area contributed by atoms with Crippen LogP contribution in [-0.4, -0.2) is 48.7 Å². The second-order valence-corrected chi connectivity index (χ2v) is 7.21. The molecule has 0 radical (unpaired) electrons. The molecule has 7 nitrogen and oxygen atoms in total. The van der Waals surface area contributed by atoms with Gasteiger partial charge in [0.1, 0.15) is 5.02 Å². The molecule has 1 saturated heterocycles. The minimum absolute atomic E-state index is 0.00984. The number of aromatic nitrogens is 3. The number of rotatable bonds is 4. The molecule has 2 aromatic rings. The Morgan fingerprint density at radius 1 is 1.37 bits per heavy atom. The fraction of sp³-hybridized carbons (Fsp3) is 0.556. The van der Waals surface area contributed by atoms with Crippen molar-refractivity contribution in [2.45, 2.75) is 31.8 Å². The Bertz CT molecular complexity index is 838. The molecule has 4 heterocycles. The van der Waals surface area contributed by atoms with E-state index in [-0.39, 0.29) is 16.6 Å². The van der Waals surface area contributed by atoms with Crippen LogP contribution < -0.4 is 15.0 Å². The van der Waals surface area contributed by atoms with Crippen molar-refractivity contribution >= 4 is 23.2 Å². The Hall–Kier alpha value is -1.90. The van der Waals surface area contributed by atoms with Gasteiger partial charge in [0.25, 0.3) is 0 Å². The standard InChI is InChI=1S/C18H23ClFN5O2/c1-24(18-15(20)16(26-2)13(19)10-22-18)17-12-9-21-6-3-14(12)25(23-17)11-4-7-27-8-5-11/h10-11,21H,3-9H2,1-2H3. The Morgan fingerprint density at radius 3 is 2.89 bits per heavy atom. The van der Waals surface area contributed by atoms with E-state index < -0.39 is 5.82 Å². The van der Waals surface area contributed by atoms with Gasteiger partial charge < -0.3 is 19.7 Å². The molecule has 146 valence electrons. The van der Waals surface area contributed by atoms with Crippen molar-refractivity contribution in [3.8, 4) is 5.75 Å². The highest BCUT2D eigenvalue weighted by Crippen LogP contribution is 2.37. The van der Waals surface area contributed by atoms with Crippen LogP contribution in [0, 0.1) is 5.82 Å². The molecule has 27 heavy (non-hydrogen) atoms. The third-order valence-corrected chi connectivity index (χ3v) is 5.50. The third kappa shape index (κ3) is 3.26. The molecule has 0 bridgehead atoms. The predicted octanol–water partition coefficient (Wildman–Crippen LogP) is 2.84. The first-order valence-corrected chi connectivity index (χ1v) is 9.50. The summed E-state index contributed by atoms with van der Waals surface area (Å²) in [5, 5.41) is 8.41. The Balaban J connectivity index is 1.76. The molecule has 4 rings (SSSR count). The van der Waals surface area contributed by atoms with Crippen molar-refractivity contribution in [2.75, 3.05) is 38.8 Å². The number of methoxy groups -OCH3 is 1. The third-order valence-electron chi connectivity index (χ3n) is 5.23. The molecule has 0 spiro atoms. The van der Waals surface area contributed by atoms with Crippen molar-refractivity contribution in [2.24, 2.45) is 0 Å². The van der Waals surface area contributed by atoms with Crippen LogP contribution in [0.4, 0.5) is 16.0 Å². The van der Waals surface area contributed by atoms with E-state index in [9.17, 15) is 4.39 Å². The summed E-state index contributed by atoms with van der Waals surface area (Å²) in [7, 11) is 3.16. The predicted molar refractivity (Wildman–Crippen MR) is 101 cm³/mol. The van der Waals surface area contributed by atoms with Crippen LogP contribution in [0.3, 0.4) is 0 Å². The summed E-state index contributed by atoms with van der Waals surface area (Å²) in [5.41, 5.74) is 2.30. The van der Waals surface area contributed by atoms with Crippen molar-refractivity contribution in [3.63, 3.8) is 0 Å². The van der Waals surface area contributed by atoms with Crippen molar-refractivity contribution < 1.29 is 13.9 Å². The number of nitrogens with one attached hydrogen (secondary N) is 1. The second-order valence-electron chi connectivity index (χ2n) is 6.80. The smallest absolute Gasteiger partial charge is 0.209 e. The molecular formula is C18H23ClFN5O2. The van der Waals surface area contributed by atoms with Gasteiger partial charge in [-0.15, -0.1) is 0 Å². The van der Waals surface area contributed by atoms with Gasteiger partial charge >= 0.3 is 0 Å². The maximum Gasteiger partial charge on any atom is 0.209 e. The first kappa shape index (κ1) is 18.5. The zero-order valence-corrected chi connectivity index (χ0v) is 16.2. The van der Waals surface area contributed by atoms with Gasteiger partial charge in [-0.25, -0.2) is 4.98 Å². The molecule has 0 saturated carbocycles. The summed E-state index contributed by atoms with van der Waals surface area (Å²) in [6.45, 7) is 3.09. The van der Waals surface area contributed by atoms with Gasteiger partial charge in [0.05, 0.1) is 19.3 Å². The van der Waals surface area contributed by atoms with E-state index in [4.69, 9.17) is 26.2 Å². The summed E-state index contributed by atoms with van der Waals surface area (Å²) in [6, 6.07) is 0.310. The maximum absolute atomic E-state index is 14.9. The molecule has 0 atom stereocenters. The van der Waals surface area contributed by atoms with E-state index in [1.807, 2.05) is 0 Å². The Morgan fingerprint density at radius 2 is 2.15 bits per heavy atom. The highest BCUT2D eigenvalue weighted by molar-refractivity contribution is 6.32. The number of fused-ring (bicyclic) bond motifs is 1. The monoisotopic (exact) mass is 395 g/mol. The lowest BCUT2D eigenvalue weighted by molar-refractivity contribution is 0.0654. The summed E-state index contributed by atoms with van der Waals surface area (Å²) in [6.07, 6.45) is 4.17. The van der Waals surface area contributed by atoms with E-state index in [0.29, 0.717) is 18.4 Å². The van der Waals surface area contributed by atoms with Crippen LogP contribution in [-0.2, 0) is 17.7 Å². The van der Waals surface area contributed by atoms with Gasteiger partial charge in [0.15, 0.2) is 17.4 Å². The molecule has 2 aliphatic heterocycles. The maximum atomic E-state index is 14.9. The fourth-order valence-electron chi connectivity index (χ4n) is 3.82. The average molecular weight is 396 g/mol. The van der Waals surface area contributed by atoms with Crippen LogP contribution in [0.2, 0.25) is 5.02 Å². The topological polar surface area (TPSA) is 64.4 Å². The van der Waals surface area contributed by atoms with E-state index >= 15 is 0 Å². The summed E-state index contributed by atoms with van der Waals surface area (Å²) < 4.78 is 27.6. The molecule has 1 fully saturated rings. The quantitative estimate of drug-likeness (QED) is 0.858. The highest BCUT2D eigenvalue weighted by Gasteiger charge is 2.29. The SMILES string of the molecule is COc1c(Cl)cnc(N(C)c2nn(C3CCOCC3)c3c2CNCC3)c1F. The lowest BCUT2D eigenvalue weighted by Gasteiger charge is -2.25. The van der Waals surface area contributed by atoms with Crippen LogP contribution in [0.25, 0.3) is 0 Å². The van der Waals surface area contributed by atoms with Gasteiger partial charge in [-0.3, -0.25) is 4.68 Å². The van der Waals surface area contributed by atoms with Crippen molar-refractivity contribution in [3.05, 3.63) is 28.3 Å². The lowest BCUT2D eigenvalue weighted by atomic mass is 10.1. The molecule has 0 aliphatic carbocycles. The molecule has 1 N–H and O–H groups in total. The minimum atomic E-state index is -0.592. The first-order valence-electron chi connectivity index (χ1n) is 9.12. The van der Waals surface area contributed by atoms with Crippen molar-refractivity contribution in [1.82, 2.24) is 20.1 Å². The van der Waals surface area contributed by atoms with E-state index in [1.165, 1.54) is 19.0 Å². The number of hydrogen-bond donors (Lipinski definition) is 1. The number of pyridine rings is 1. The number of nitrogens with zero attached hydrogens (tertiary/aromatic N) is 4. The highest BCUT2D eigenvalue weighted by atomic mass is 35.5. The van der Waals surface area contributed by atoms with Crippen LogP contribution in [0.15, 0.2) is 6.20 Å². The largest absolute Gasteiger partial charge is 0.492 e. The summed E-state index contributed by atoms with van der Waals surface area (Å²) >= 11 is 5.99. The molecule has 9 heteroatoms. The van der Waals surface area contributed by atoms with Gasteiger partial charge in [-0.05, 0) is 12.8 Å². The normalized spacial score (nSPS) is 17.6. The number of ether oxygens (including phenoxy) is 2.